The van der Waals surface area contributed by atoms with Crippen LogP contribution < -0.4 is 33.4 Å². The van der Waals surface area contributed by atoms with Crippen molar-refractivity contribution in [1.82, 2.24) is 4.57 Å². The van der Waals surface area contributed by atoms with E-state index in [9.17, 15) is 0 Å². The maximum atomic E-state index is 6.21. The molecule has 0 unspecified atom stereocenters. The van der Waals surface area contributed by atoms with Crippen LogP contribution in [0.2, 0.25) is 5.02 Å². The van der Waals surface area contributed by atoms with Crippen molar-refractivity contribution in [3.8, 4) is 0 Å². The lowest BCUT2D eigenvalue weighted by Gasteiger charge is -2.13. The van der Waals surface area contributed by atoms with Crippen molar-refractivity contribution < 1.29 is 28.5 Å². The molecule has 3 aromatic rings. The van der Waals surface area contributed by atoms with Gasteiger partial charge in [0.15, 0.2) is 11.0 Å². The van der Waals surface area contributed by atoms with E-state index in [2.05, 4.69) is 77.5 Å². The number of imidazole rings is 1. The summed E-state index contributed by atoms with van der Waals surface area (Å²) in [6, 6.07) is 16.5. The van der Waals surface area contributed by atoms with Crippen LogP contribution in [-0.4, -0.2) is 11.6 Å². The van der Waals surface area contributed by atoms with Crippen LogP contribution in [0, 0.1) is 0 Å². The smallest absolute Gasteiger partial charge is 0.283 e. The van der Waals surface area contributed by atoms with Crippen LogP contribution in [-0.2, 0) is 13.1 Å². The molecule has 0 spiro atoms. The zero-order chi connectivity index (χ0) is 17.1. The first-order valence-corrected chi connectivity index (χ1v) is 8.71. The first kappa shape index (κ1) is 19.8. The largest absolute Gasteiger partial charge is 1.00 e. The number of halogens is 2. The fraction of sp³-hybridized carbons (Fsp3) is 0.250. The Hall–Kier alpha value is -1.53. The fourth-order valence-corrected chi connectivity index (χ4v) is 3.27. The predicted octanol–water partition coefficient (Wildman–Crippen LogP) is 1.73. The maximum Gasteiger partial charge on any atom is 0.283 e. The summed E-state index contributed by atoms with van der Waals surface area (Å²) in [4.78, 5) is 2.13. The molecule has 0 atom stereocenters. The second-order valence-corrected chi connectivity index (χ2v) is 6.18. The molecule has 1 aromatic heterocycles. The number of hydrogen-bond acceptors (Lipinski definition) is 1. The lowest BCUT2D eigenvalue weighted by atomic mass is 10.3. The molecular formula is C20H23ClIN3. The van der Waals surface area contributed by atoms with Gasteiger partial charge in [-0.1, -0.05) is 29.8 Å². The molecule has 132 valence electrons. The van der Waals surface area contributed by atoms with E-state index in [4.69, 9.17) is 11.6 Å². The normalized spacial score (nSPS) is 11.0. The first-order valence-electron chi connectivity index (χ1n) is 8.33. The highest BCUT2D eigenvalue weighted by atomic mass is 127. The highest BCUT2D eigenvalue weighted by Gasteiger charge is 2.21. The molecule has 25 heavy (non-hydrogen) atoms. The number of aromatic nitrogens is 2. The van der Waals surface area contributed by atoms with E-state index in [1.165, 1.54) is 22.5 Å². The van der Waals surface area contributed by atoms with E-state index >= 15 is 0 Å². The Bertz CT molecular complexity index is 872. The minimum Gasteiger partial charge on any atom is -1.00 e. The van der Waals surface area contributed by atoms with E-state index in [-0.39, 0.29) is 24.0 Å². The van der Waals surface area contributed by atoms with Crippen molar-refractivity contribution in [2.45, 2.75) is 26.9 Å². The molecule has 0 radical (unpaired) electrons. The van der Waals surface area contributed by atoms with Gasteiger partial charge in [0.1, 0.15) is 0 Å². The number of aryl methyl sites for hydroxylation is 2. The predicted molar refractivity (Wildman–Crippen MR) is 102 cm³/mol. The van der Waals surface area contributed by atoms with Crippen molar-refractivity contribution in [2.75, 3.05) is 11.9 Å². The number of nitrogens with zero attached hydrogens (tertiary/aromatic N) is 3. The molecule has 0 saturated heterocycles. The Balaban J connectivity index is 0.00000225. The molecule has 0 fully saturated rings. The summed E-state index contributed by atoms with van der Waals surface area (Å²) >= 11 is 6.21. The Kier molecular flexibility index (Phi) is 6.90. The number of para-hydroxylation sites is 1. The van der Waals surface area contributed by atoms with Gasteiger partial charge in [-0.05, 0) is 38.1 Å². The minimum atomic E-state index is 0. The number of anilines is 1. The van der Waals surface area contributed by atoms with E-state index in [1.54, 1.807) is 0 Å². The van der Waals surface area contributed by atoms with E-state index < -0.39 is 0 Å². The topological polar surface area (TPSA) is 12.1 Å². The van der Waals surface area contributed by atoms with Gasteiger partial charge in [0, 0.05) is 36.1 Å². The molecule has 3 rings (SSSR count). The van der Waals surface area contributed by atoms with Crippen LogP contribution in [0.3, 0.4) is 0 Å². The van der Waals surface area contributed by atoms with Crippen LogP contribution >= 0.6 is 11.6 Å². The van der Waals surface area contributed by atoms with Gasteiger partial charge in [-0.25, -0.2) is 9.13 Å². The third-order valence-corrected chi connectivity index (χ3v) is 4.55. The number of fused-ring (bicyclic) bond motifs is 1. The Labute approximate surface area is 171 Å². The molecule has 0 aliphatic carbocycles. The van der Waals surface area contributed by atoms with E-state index in [0.29, 0.717) is 0 Å². The summed E-state index contributed by atoms with van der Waals surface area (Å²) in [5.74, 6) is 1.18. The van der Waals surface area contributed by atoms with Gasteiger partial charge in [-0.3, -0.25) is 0 Å². The first-order chi connectivity index (χ1) is 11.7. The molecule has 0 amide bonds. The highest BCUT2D eigenvalue weighted by Crippen LogP contribution is 2.21. The third kappa shape index (κ3) is 4.01. The SMILES string of the molecule is CCn1c(/C=C/N(C)c2ccccc2)[n+](CC)c2ccc(Cl)cc21.[I-]. The average Bonchev–Trinajstić information content (AvgIpc) is 2.91. The van der Waals surface area contributed by atoms with Crippen molar-refractivity contribution in [3.63, 3.8) is 0 Å². The molecule has 0 N–H and O–H groups in total. The van der Waals surface area contributed by atoms with Crippen molar-refractivity contribution >= 4 is 34.4 Å². The molecule has 0 bridgehead atoms. The molecule has 2 aromatic carbocycles. The summed E-state index contributed by atoms with van der Waals surface area (Å²) in [7, 11) is 2.07. The van der Waals surface area contributed by atoms with Gasteiger partial charge in [0.25, 0.3) is 5.82 Å². The second-order valence-electron chi connectivity index (χ2n) is 5.74. The summed E-state index contributed by atoms with van der Waals surface area (Å²) in [5, 5.41) is 0.773. The molecule has 3 nitrogen and oxygen atoms in total. The molecule has 0 aliphatic rings. The van der Waals surface area contributed by atoms with Gasteiger partial charge < -0.3 is 28.9 Å². The van der Waals surface area contributed by atoms with E-state index in [0.717, 1.165) is 18.1 Å². The summed E-state index contributed by atoms with van der Waals surface area (Å²) in [6.45, 7) is 6.16. The zero-order valence-corrected chi connectivity index (χ0v) is 17.7. The van der Waals surface area contributed by atoms with Crippen LogP contribution in [0.4, 0.5) is 5.69 Å². The third-order valence-electron chi connectivity index (χ3n) is 4.32. The van der Waals surface area contributed by atoms with E-state index in [1.807, 2.05) is 18.2 Å². The van der Waals surface area contributed by atoms with Gasteiger partial charge in [0.2, 0.25) is 0 Å². The lowest BCUT2D eigenvalue weighted by molar-refractivity contribution is -0.670. The van der Waals surface area contributed by atoms with Gasteiger partial charge in [-0.15, -0.1) is 0 Å². The Morgan fingerprint density at radius 1 is 1.12 bits per heavy atom. The van der Waals surface area contributed by atoms with Gasteiger partial charge in [0.05, 0.1) is 13.1 Å². The minimum absolute atomic E-state index is 0. The maximum absolute atomic E-state index is 6.21. The van der Waals surface area contributed by atoms with Crippen molar-refractivity contribution in [3.05, 3.63) is 65.6 Å². The molecule has 0 aliphatic heterocycles. The van der Waals surface area contributed by atoms with Gasteiger partial charge >= 0.3 is 0 Å². The highest BCUT2D eigenvalue weighted by molar-refractivity contribution is 6.31. The fourth-order valence-electron chi connectivity index (χ4n) is 3.11. The van der Waals surface area contributed by atoms with Crippen LogP contribution in [0.5, 0.6) is 0 Å². The van der Waals surface area contributed by atoms with Crippen LogP contribution in [0.1, 0.15) is 19.7 Å². The Morgan fingerprint density at radius 3 is 2.48 bits per heavy atom. The Morgan fingerprint density at radius 2 is 1.84 bits per heavy atom. The number of rotatable bonds is 5. The summed E-state index contributed by atoms with van der Waals surface area (Å²) < 4.78 is 4.63. The summed E-state index contributed by atoms with van der Waals surface area (Å²) in [5.41, 5.74) is 3.55. The van der Waals surface area contributed by atoms with Gasteiger partial charge in [-0.2, -0.15) is 0 Å². The van der Waals surface area contributed by atoms with Crippen LogP contribution in [0.15, 0.2) is 54.7 Å². The molecular weight excluding hydrogens is 445 g/mol. The number of hydrogen-bond donors (Lipinski definition) is 0. The standard InChI is InChI=1S/C20H23ClN3.HI/c1-4-23-18-12-11-16(21)15-19(18)24(5-2)20(23)13-14-22(3)17-9-7-6-8-10-17;/h6-15H,4-5H2,1-3H3;1H/q+1;/p-1. The second kappa shape index (κ2) is 8.72. The number of benzene rings is 2. The molecule has 5 heteroatoms. The average molecular weight is 468 g/mol. The molecule has 0 saturated carbocycles. The monoisotopic (exact) mass is 467 g/mol. The lowest BCUT2D eigenvalue weighted by Crippen LogP contribution is -3.00. The summed E-state index contributed by atoms with van der Waals surface area (Å²) in [6.07, 6.45) is 4.29. The zero-order valence-electron chi connectivity index (χ0n) is 14.8. The molecule has 1 heterocycles. The van der Waals surface area contributed by atoms with Crippen LogP contribution in [0.25, 0.3) is 17.1 Å². The quantitative estimate of drug-likeness (QED) is 0.411. The van der Waals surface area contributed by atoms with Crippen molar-refractivity contribution in [2.24, 2.45) is 0 Å². The van der Waals surface area contributed by atoms with Crippen molar-refractivity contribution in [1.29, 1.82) is 0 Å².